The molecule has 27 heavy (non-hydrogen) atoms. The van der Waals surface area contributed by atoms with Crippen molar-refractivity contribution in [1.29, 1.82) is 0 Å². The summed E-state index contributed by atoms with van der Waals surface area (Å²) in [5.74, 6) is 0.546. The Kier molecular flexibility index (Phi) is 6.85. The maximum atomic E-state index is 12.7. The maximum Gasteiger partial charge on any atom is 0.253 e. The highest BCUT2D eigenvalue weighted by molar-refractivity contribution is 5.95. The second kappa shape index (κ2) is 9.33. The van der Waals surface area contributed by atoms with E-state index in [1.807, 2.05) is 24.1 Å². The third-order valence-corrected chi connectivity index (χ3v) is 5.79. The molecule has 0 spiro atoms. The molecule has 0 aromatic heterocycles. The summed E-state index contributed by atoms with van der Waals surface area (Å²) in [4.78, 5) is 29.1. The van der Waals surface area contributed by atoms with Crippen LogP contribution in [0.15, 0.2) is 24.3 Å². The topological polar surface area (TPSA) is 61.9 Å². The van der Waals surface area contributed by atoms with Gasteiger partial charge in [0.15, 0.2) is 0 Å². The van der Waals surface area contributed by atoms with Crippen molar-refractivity contribution < 1.29 is 14.3 Å². The molecule has 2 saturated heterocycles. The van der Waals surface area contributed by atoms with Crippen molar-refractivity contribution in [3.8, 4) is 0 Å². The number of piperidine rings is 1. The summed E-state index contributed by atoms with van der Waals surface area (Å²) < 4.78 is 5.37. The molecule has 0 atom stereocenters. The Balaban J connectivity index is 1.50. The highest BCUT2D eigenvalue weighted by atomic mass is 16.5. The van der Waals surface area contributed by atoms with Gasteiger partial charge in [0.1, 0.15) is 0 Å². The fraction of sp³-hybridized carbons (Fsp3) is 0.619. The SMILES string of the molecule is CN1CCC(CC(=O)Nc2ccc(C(=O)N(C)C3CCOCC3)cc2)CC1. The number of carbonyl (C=O) groups excluding carboxylic acids is 2. The highest BCUT2D eigenvalue weighted by Crippen LogP contribution is 2.21. The Morgan fingerprint density at radius 2 is 1.74 bits per heavy atom. The lowest BCUT2D eigenvalue weighted by atomic mass is 9.93. The number of amides is 2. The lowest BCUT2D eigenvalue weighted by Crippen LogP contribution is -2.40. The first-order chi connectivity index (χ1) is 13.0. The van der Waals surface area contributed by atoms with Gasteiger partial charge in [-0.1, -0.05) is 0 Å². The first-order valence-electron chi connectivity index (χ1n) is 9.96. The van der Waals surface area contributed by atoms with Gasteiger partial charge in [0, 0.05) is 44.0 Å². The van der Waals surface area contributed by atoms with E-state index in [0.29, 0.717) is 31.1 Å². The van der Waals surface area contributed by atoms with Gasteiger partial charge in [-0.15, -0.1) is 0 Å². The molecule has 0 saturated carbocycles. The summed E-state index contributed by atoms with van der Waals surface area (Å²) in [7, 11) is 3.98. The van der Waals surface area contributed by atoms with E-state index in [1.165, 1.54) is 0 Å². The second-order valence-corrected chi connectivity index (χ2v) is 7.84. The molecular formula is C21H31N3O3. The summed E-state index contributed by atoms with van der Waals surface area (Å²) in [6, 6.07) is 7.46. The normalized spacial score (nSPS) is 19.6. The van der Waals surface area contributed by atoms with Crippen LogP contribution in [-0.4, -0.2) is 68.1 Å². The number of rotatable bonds is 5. The van der Waals surface area contributed by atoms with Crippen LogP contribution in [0.1, 0.15) is 42.5 Å². The summed E-state index contributed by atoms with van der Waals surface area (Å²) in [6.07, 6.45) is 4.49. The molecule has 2 amide bonds. The molecule has 0 radical (unpaired) electrons. The van der Waals surface area contributed by atoms with Gasteiger partial charge in [-0.05, 0) is 76.0 Å². The molecule has 0 bridgehead atoms. The van der Waals surface area contributed by atoms with Gasteiger partial charge in [-0.3, -0.25) is 9.59 Å². The van der Waals surface area contributed by atoms with E-state index in [0.717, 1.165) is 44.5 Å². The Bertz CT molecular complexity index is 633. The molecule has 1 N–H and O–H groups in total. The molecule has 2 fully saturated rings. The van der Waals surface area contributed by atoms with Gasteiger partial charge in [0.25, 0.3) is 5.91 Å². The molecule has 0 unspecified atom stereocenters. The third kappa shape index (κ3) is 5.53. The van der Waals surface area contributed by atoms with E-state index in [-0.39, 0.29) is 17.9 Å². The smallest absolute Gasteiger partial charge is 0.253 e. The Morgan fingerprint density at radius 3 is 2.37 bits per heavy atom. The number of hydrogen-bond acceptors (Lipinski definition) is 4. The number of nitrogens with one attached hydrogen (secondary N) is 1. The van der Waals surface area contributed by atoms with E-state index in [2.05, 4.69) is 17.3 Å². The van der Waals surface area contributed by atoms with Gasteiger partial charge >= 0.3 is 0 Å². The minimum absolute atomic E-state index is 0.0195. The van der Waals surface area contributed by atoms with Crippen LogP contribution in [0.25, 0.3) is 0 Å². The fourth-order valence-corrected chi connectivity index (χ4v) is 3.88. The van der Waals surface area contributed by atoms with Gasteiger partial charge in [0.05, 0.1) is 0 Å². The van der Waals surface area contributed by atoms with Crippen molar-refractivity contribution >= 4 is 17.5 Å². The second-order valence-electron chi connectivity index (χ2n) is 7.84. The zero-order valence-corrected chi connectivity index (χ0v) is 16.4. The summed E-state index contributed by atoms with van der Waals surface area (Å²) in [5, 5.41) is 2.97. The predicted octanol–water partition coefficient (Wildman–Crippen LogP) is 2.61. The number of benzene rings is 1. The predicted molar refractivity (Wildman–Crippen MR) is 106 cm³/mol. The van der Waals surface area contributed by atoms with Crippen molar-refractivity contribution in [3.63, 3.8) is 0 Å². The molecule has 2 heterocycles. The zero-order valence-electron chi connectivity index (χ0n) is 16.4. The number of ether oxygens (including phenoxy) is 1. The summed E-state index contributed by atoms with van der Waals surface area (Å²) in [5.41, 5.74) is 1.40. The first-order valence-corrected chi connectivity index (χ1v) is 9.96. The number of carbonyl (C=O) groups is 2. The molecule has 2 aliphatic rings. The van der Waals surface area contributed by atoms with E-state index in [4.69, 9.17) is 4.74 Å². The molecule has 1 aromatic carbocycles. The zero-order chi connectivity index (χ0) is 19.2. The van der Waals surface area contributed by atoms with Crippen LogP contribution in [0.5, 0.6) is 0 Å². The number of anilines is 1. The van der Waals surface area contributed by atoms with Crippen molar-refractivity contribution in [1.82, 2.24) is 9.80 Å². The van der Waals surface area contributed by atoms with Crippen molar-refractivity contribution in [2.45, 2.75) is 38.1 Å². The standard InChI is InChI=1S/C21H31N3O3/c1-23-11-7-16(8-12-23)15-20(25)22-18-5-3-17(4-6-18)21(26)24(2)19-9-13-27-14-10-19/h3-6,16,19H,7-15H2,1-2H3,(H,22,25). The van der Waals surface area contributed by atoms with E-state index < -0.39 is 0 Å². The highest BCUT2D eigenvalue weighted by Gasteiger charge is 2.23. The molecule has 3 rings (SSSR count). The fourth-order valence-electron chi connectivity index (χ4n) is 3.88. The van der Waals surface area contributed by atoms with Crippen LogP contribution >= 0.6 is 0 Å². The molecule has 1 aromatic rings. The van der Waals surface area contributed by atoms with Crippen molar-refractivity contribution in [2.24, 2.45) is 5.92 Å². The van der Waals surface area contributed by atoms with Gasteiger partial charge in [-0.25, -0.2) is 0 Å². The molecule has 2 aliphatic heterocycles. The number of hydrogen-bond donors (Lipinski definition) is 1. The van der Waals surface area contributed by atoms with Crippen LogP contribution in [0, 0.1) is 5.92 Å². The van der Waals surface area contributed by atoms with Gasteiger partial charge in [-0.2, -0.15) is 0 Å². The molecule has 0 aliphatic carbocycles. The monoisotopic (exact) mass is 373 g/mol. The quantitative estimate of drug-likeness (QED) is 0.862. The minimum Gasteiger partial charge on any atom is -0.381 e. The molecule has 6 heteroatoms. The lowest BCUT2D eigenvalue weighted by molar-refractivity contribution is -0.117. The van der Waals surface area contributed by atoms with Crippen LogP contribution in [0.4, 0.5) is 5.69 Å². The minimum atomic E-state index is 0.0195. The van der Waals surface area contributed by atoms with Crippen LogP contribution in [0.2, 0.25) is 0 Å². The molecular weight excluding hydrogens is 342 g/mol. The van der Waals surface area contributed by atoms with E-state index in [1.54, 1.807) is 12.1 Å². The maximum absolute atomic E-state index is 12.7. The van der Waals surface area contributed by atoms with Crippen LogP contribution in [-0.2, 0) is 9.53 Å². The summed E-state index contributed by atoms with van der Waals surface area (Å²) >= 11 is 0. The van der Waals surface area contributed by atoms with Crippen molar-refractivity contribution in [2.75, 3.05) is 45.7 Å². The molecule has 148 valence electrons. The summed E-state index contributed by atoms with van der Waals surface area (Å²) in [6.45, 7) is 3.56. The van der Waals surface area contributed by atoms with E-state index >= 15 is 0 Å². The van der Waals surface area contributed by atoms with Crippen molar-refractivity contribution in [3.05, 3.63) is 29.8 Å². The van der Waals surface area contributed by atoms with Crippen LogP contribution < -0.4 is 5.32 Å². The Labute approximate surface area is 161 Å². The Morgan fingerprint density at radius 1 is 1.11 bits per heavy atom. The van der Waals surface area contributed by atoms with E-state index in [9.17, 15) is 9.59 Å². The first kappa shape index (κ1) is 19.8. The van der Waals surface area contributed by atoms with Gasteiger partial charge < -0.3 is 19.9 Å². The Hall–Kier alpha value is -1.92. The average molecular weight is 373 g/mol. The van der Waals surface area contributed by atoms with Gasteiger partial charge in [0.2, 0.25) is 5.91 Å². The van der Waals surface area contributed by atoms with Crippen LogP contribution in [0.3, 0.4) is 0 Å². The average Bonchev–Trinajstić information content (AvgIpc) is 2.70. The third-order valence-electron chi connectivity index (χ3n) is 5.79. The lowest BCUT2D eigenvalue weighted by Gasteiger charge is -2.31. The number of nitrogens with zero attached hydrogens (tertiary/aromatic N) is 2. The molecule has 6 nitrogen and oxygen atoms in total. The largest absolute Gasteiger partial charge is 0.381 e. The number of likely N-dealkylation sites (tertiary alicyclic amines) is 1.